The summed E-state index contributed by atoms with van der Waals surface area (Å²) in [4.78, 5) is 6.45. The highest BCUT2D eigenvalue weighted by atomic mass is 16.4. The molecule has 14 heavy (non-hydrogen) atoms. The van der Waals surface area contributed by atoms with Crippen LogP contribution in [0.3, 0.4) is 0 Å². The van der Waals surface area contributed by atoms with Crippen LogP contribution < -0.4 is 5.73 Å². The maximum atomic E-state index is 5.63. The number of nitrogens with zero attached hydrogens (tertiary/aromatic N) is 2. The number of hydrogen-bond acceptors (Lipinski definition) is 4. The lowest BCUT2D eigenvalue weighted by atomic mass is 10.1. The van der Waals surface area contributed by atoms with Crippen LogP contribution in [-0.2, 0) is 6.54 Å². The fourth-order valence-electron chi connectivity index (χ4n) is 1.95. The lowest BCUT2D eigenvalue weighted by Crippen LogP contribution is -2.22. The van der Waals surface area contributed by atoms with E-state index in [0.29, 0.717) is 5.92 Å². The molecule has 0 amide bonds. The van der Waals surface area contributed by atoms with Crippen molar-refractivity contribution >= 4 is 0 Å². The molecule has 1 aromatic heterocycles. The Morgan fingerprint density at radius 2 is 2.57 bits per heavy atom. The third-order valence-electron chi connectivity index (χ3n) is 2.75. The van der Waals surface area contributed by atoms with Gasteiger partial charge in [0.15, 0.2) is 5.89 Å². The van der Waals surface area contributed by atoms with Crippen molar-refractivity contribution < 1.29 is 4.42 Å². The van der Waals surface area contributed by atoms with Crippen molar-refractivity contribution in [3.63, 3.8) is 0 Å². The summed E-state index contributed by atoms with van der Waals surface area (Å²) < 4.78 is 5.43. The summed E-state index contributed by atoms with van der Waals surface area (Å²) in [5.41, 5.74) is 5.63. The highest BCUT2D eigenvalue weighted by molar-refractivity contribution is 4.93. The van der Waals surface area contributed by atoms with Crippen molar-refractivity contribution in [3.8, 4) is 0 Å². The Hall–Kier alpha value is -0.870. The van der Waals surface area contributed by atoms with Gasteiger partial charge in [0.2, 0.25) is 0 Å². The average molecular weight is 195 g/mol. The van der Waals surface area contributed by atoms with Crippen molar-refractivity contribution in [2.45, 2.75) is 19.9 Å². The molecule has 0 saturated carbocycles. The van der Waals surface area contributed by atoms with Gasteiger partial charge in [-0.2, -0.15) is 0 Å². The van der Waals surface area contributed by atoms with Gasteiger partial charge in [-0.05, 0) is 25.4 Å². The molecule has 0 aromatic carbocycles. The molecular formula is C10H17N3O. The van der Waals surface area contributed by atoms with Crippen molar-refractivity contribution in [2.24, 2.45) is 11.7 Å². The number of rotatable bonds is 3. The van der Waals surface area contributed by atoms with Gasteiger partial charge in [-0.15, -0.1) is 0 Å². The first-order chi connectivity index (χ1) is 6.78. The van der Waals surface area contributed by atoms with Crippen LogP contribution in [0.5, 0.6) is 0 Å². The molecule has 78 valence electrons. The third kappa shape index (κ3) is 2.13. The Balaban J connectivity index is 1.87. The Kier molecular flexibility index (Phi) is 2.84. The summed E-state index contributed by atoms with van der Waals surface area (Å²) in [6.07, 6.45) is 3.02. The number of hydrogen-bond donors (Lipinski definition) is 1. The highest BCUT2D eigenvalue weighted by Gasteiger charge is 2.21. The summed E-state index contributed by atoms with van der Waals surface area (Å²) in [6.45, 7) is 5.76. The van der Waals surface area contributed by atoms with Crippen molar-refractivity contribution in [1.82, 2.24) is 9.88 Å². The molecular weight excluding hydrogens is 178 g/mol. The number of oxazole rings is 1. The summed E-state index contributed by atoms with van der Waals surface area (Å²) in [7, 11) is 0. The number of nitrogens with two attached hydrogens (primary N) is 1. The van der Waals surface area contributed by atoms with Crippen LogP contribution in [0.4, 0.5) is 0 Å². The first-order valence-electron chi connectivity index (χ1n) is 5.11. The summed E-state index contributed by atoms with van der Waals surface area (Å²) in [6, 6.07) is 0. The molecule has 1 aliphatic heterocycles. The predicted molar refractivity (Wildman–Crippen MR) is 53.7 cm³/mol. The van der Waals surface area contributed by atoms with E-state index in [4.69, 9.17) is 10.2 Å². The second kappa shape index (κ2) is 4.11. The predicted octanol–water partition coefficient (Wildman–Crippen LogP) is 0.764. The van der Waals surface area contributed by atoms with E-state index in [0.717, 1.165) is 37.8 Å². The monoisotopic (exact) mass is 195 g/mol. The van der Waals surface area contributed by atoms with E-state index >= 15 is 0 Å². The number of aromatic nitrogens is 1. The van der Waals surface area contributed by atoms with Gasteiger partial charge < -0.3 is 10.2 Å². The fraction of sp³-hybridized carbons (Fsp3) is 0.700. The van der Waals surface area contributed by atoms with Gasteiger partial charge in [0, 0.05) is 13.5 Å². The molecule has 4 nitrogen and oxygen atoms in total. The molecule has 1 saturated heterocycles. The SMILES string of the molecule is Cc1ncc(CN2CCC(CN)C2)o1. The van der Waals surface area contributed by atoms with E-state index in [1.165, 1.54) is 6.42 Å². The second-order valence-corrected chi connectivity index (χ2v) is 3.97. The van der Waals surface area contributed by atoms with Gasteiger partial charge in [0.25, 0.3) is 0 Å². The zero-order valence-electron chi connectivity index (χ0n) is 8.57. The largest absolute Gasteiger partial charge is 0.445 e. The lowest BCUT2D eigenvalue weighted by molar-refractivity contribution is 0.284. The molecule has 4 heteroatoms. The Bertz CT molecular complexity index is 297. The fourth-order valence-corrected chi connectivity index (χ4v) is 1.95. The smallest absolute Gasteiger partial charge is 0.191 e. The van der Waals surface area contributed by atoms with Crippen LogP contribution in [0.25, 0.3) is 0 Å². The minimum Gasteiger partial charge on any atom is -0.445 e. The summed E-state index contributed by atoms with van der Waals surface area (Å²) in [5.74, 6) is 2.37. The van der Waals surface area contributed by atoms with E-state index in [-0.39, 0.29) is 0 Å². The van der Waals surface area contributed by atoms with E-state index in [2.05, 4.69) is 9.88 Å². The molecule has 1 aliphatic rings. The minimum absolute atomic E-state index is 0.666. The van der Waals surface area contributed by atoms with E-state index in [9.17, 15) is 0 Å². The van der Waals surface area contributed by atoms with Crippen LogP contribution >= 0.6 is 0 Å². The van der Waals surface area contributed by atoms with E-state index in [1.54, 1.807) is 0 Å². The molecule has 1 fully saturated rings. The normalized spacial score (nSPS) is 23.1. The first-order valence-corrected chi connectivity index (χ1v) is 5.11. The van der Waals surface area contributed by atoms with Crippen LogP contribution in [0.2, 0.25) is 0 Å². The second-order valence-electron chi connectivity index (χ2n) is 3.97. The average Bonchev–Trinajstić information content (AvgIpc) is 2.76. The Morgan fingerprint density at radius 3 is 3.14 bits per heavy atom. The molecule has 2 N–H and O–H groups in total. The Labute approximate surface area is 84.1 Å². The number of likely N-dealkylation sites (tertiary alicyclic amines) is 1. The highest BCUT2D eigenvalue weighted by Crippen LogP contribution is 2.17. The molecule has 0 aliphatic carbocycles. The van der Waals surface area contributed by atoms with Gasteiger partial charge in [0.05, 0.1) is 12.7 Å². The lowest BCUT2D eigenvalue weighted by Gasteiger charge is -2.12. The van der Waals surface area contributed by atoms with Gasteiger partial charge in [-0.3, -0.25) is 4.90 Å². The molecule has 2 rings (SSSR count). The zero-order valence-corrected chi connectivity index (χ0v) is 8.57. The zero-order chi connectivity index (χ0) is 9.97. The van der Waals surface area contributed by atoms with Gasteiger partial charge in [0.1, 0.15) is 5.76 Å². The quantitative estimate of drug-likeness (QED) is 0.773. The first kappa shape index (κ1) is 9.68. The van der Waals surface area contributed by atoms with E-state index < -0.39 is 0 Å². The van der Waals surface area contributed by atoms with Crippen molar-refractivity contribution in [2.75, 3.05) is 19.6 Å². The van der Waals surface area contributed by atoms with Crippen molar-refractivity contribution in [3.05, 3.63) is 17.8 Å². The van der Waals surface area contributed by atoms with Crippen LogP contribution in [-0.4, -0.2) is 29.5 Å². The molecule has 0 spiro atoms. The maximum Gasteiger partial charge on any atom is 0.191 e. The molecule has 0 bridgehead atoms. The number of aryl methyl sites for hydroxylation is 1. The maximum absolute atomic E-state index is 5.63. The topological polar surface area (TPSA) is 55.3 Å². The third-order valence-corrected chi connectivity index (χ3v) is 2.75. The summed E-state index contributed by atoms with van der Waals surface area (Å²) in [5, 5.41) is 0. The van der Waals surface area contributed by atoms with Crippen LogP contribution in [0, 0.1) is 12.8 Å². The molecule has 1 atom stereocenters. The van der Waals surface area contributed by atoms with Crippen LogP contribution in [0.15, 0.2) is 10.6 Å². The van der Waals surface area contributed by atoms with Crippen molar-refractivity contribution in [1.29, 1.82) is 0 Å². The standard InChI is InChI=1S/C10H17N3O/c1-8-12-5-10(14-8)7-13-3-2-9(4-11)6-13/h5,9H,2-4,6-7,11H2,1H3. The summed E-state index contributed by atoms with van der Waals surface area (Å²) >= 11 is 0. The molecule has 2 heterocycles. The van der Waals surface area contributed by atoms with Crippen LogP contribution in [0.1, 0.15) is 18.1 Å². The van der Waals surface area contributed by atoms with Gasteiger partial charge in [-0.1, -0.05) is 0 Å². The molecule has 0 radical (unpaired) electrons. The molecule has 1 aromatic rings. The minimum atomic E-state index is 0.666. The molecule has 1 unspecified atom stereocenters. The van der Waals surface area contributed by atoms with E-state index in [1.807, 2.05) is 13.1 Å². The van der Waals surface area contributed by atoms with Gasteiger partial charge in [-0.25, -0.2) is 4.98 Å². The van der Waals surface area contributed by atoms with Gasteiger partial charge >= 0.3 is 0 Å². The Morgan fingerprint density at radius 1 is 1.71 bits per heavy atom.